The first-order valence-corrected chi connectivity index (χ1v) is 6.72. The molecule has 0 atom stereocenters. The van der Waals surface area contributed by atoms with Crippen LogP contribution in [0.15, 0.2) is 9.21 Å². The largest absolute Gasteiger partial charge is 0.515 e. The quantitative estimate of drug-likeness (QED) is 0.405. The molecule has 19 heavy (non-hydrogen) atoms. The first-order chi connectivity index (χ1) is 9.01. The molecule has 2 rings (SSSR count). The minimum Gasteiger partial charge on any atom is -0.389 e. The fourth-order valence-corrected chi connectivity index (χ4v) is 2.45. The SMILES string of the molecule is COOP(=O)(OOC)n1nc(C2(OC)CC2)oc1=O. The molecule has 10 nitrogen and oxygen atoms in total. The number of hydrogen-bond donors (Lipinski definition) is 0. The molecule has 1 aromatic rings. The van der Waals surface area contributed by atoms with Crippen molar-refractivity contribution in [2.75, 3.05) is 21.3 Å². The van der Waals surface area contributed by atoms with Gasteiger partial charge in [-0.25, -0.2) is 19.1 Å². The zero-order valence-corrected chi connectivity index (χ0v) is 11.4. The van der Waals surface area contributed by atoms with Gasteiger partial charge in [-0.05, 0) is 12.8 Å². The van der Waals surface area contributed by atoms with Crippen molar-refractivity contribution in [3.8, 4) is 0 Å². The highest BCUT2D eigenvalue weighted by atomic mass is 31.2. The molecule has 1 aromatic heterocycles. The molecule has 0 aromatic carbocycles. The first-order valence-electron chi connectivity index (χ1n) is 5.23. The Balaban J connectivity index is 2.39. The van der Waals surface area contributed by atoms with Crippen LogP contribution in [0.4, 0.5) is 0 Å². The summed E-state index contributed by atoms with van der Waals surface area (Å²) >= 11 is 0. The molecule has 0 N–H and O–H groups in total. The van der Waals surface area contributed by atoms with Gasteiger partial charge in [-0.15, -0.1) is 14.4 Å². The highest BCUT2D eigenvalue weighted by molar-refractivity contribution is 7.51. The van der Waals surface area contributed by atoms with Gasteiger partial charge in [-0.2, -0.15) is 0 Å². The first kappa shape index (κ1) is 14.4. The van der Waals surface area contributed by atoms with E-state index in [1.54, 1.807) is 0 Å². The molecule has 11 heteroatoms. The summed E-state index contributed by atoms with van der Waals surface area (Å²) < 4.78 is 31.5. The summed E-state index contributed by atoms with van der Waals surface area (Å²) in [5.74, 6) is -1.03. The van der Waals surface area contributed by atoms with Crippen molar-refractivity contribution in [2.24, 2.45) is 0 Å². The van der Waals surface area contributed by atoms with Gasteiger partial charge in [0.05, 0.1) is 14.2 Å². The van der Waals surface area contributed by atoms with Crippen LogP contribution in [0.2, 0.25) is 0 Å². The summed E-state index contributed by atoms with van der Waals surface area (Å²) in [6.45, 7) is 0. The van der Waals surface area contributed by atoms with E-state index in [4.69, 9.17) is 9.15 Å². The smallest absolute Gasteiger partial charge is 0.389 e. The van der Waals surface area contributed by atoms with Crippen molar-refractivity contribution in [1.29, 1.82) is 0 Å². The molecule has 0 unspecified atom stereocenters. The topological polar surface area (TPSA) is 111 Å². The fraction of sp³-hybridized carbons (Fsp3) is 0.750. The lowest BCUT2D eigenvalue weighted by Crippen LogP contribution is -2.17. The van der Waals surface area contributed by atoms with E-state index < -0.39 is 19.1 Å². The van der Waals surface area contributed by atoms with E-state index in [0.717, 1.165) is 14.2 Å². The van der Waals surface area contributed by atoms with E-state index in [9.17, 15) is 9.36 Å². The van der Waals surface area contributed by atoms with E-state index in [2.05, 4.69) is 24.2 Å². The number of hydrogen-bond acceptors (Lipinski definition) is 9. The van der Waals surface area contributed by atoms with Crippen LogP contribution in [0.3, 0.4) is 0 Å². The Morgan fingerprint density at radius 1 is 1.26 bits per heavy atom. The Labute approximate surface area is 107 Å². The Kier molecular flexibility index (Phi) is 3.90. The average molecular weight is 296 g/mol. The maximum absolute atomic E-state index is 12.2. The predicted octanol–water partition coefficient (Wildman–Crippen LogP) is 0.584. The summed E-state index contributed by atoms with van der Waals surface area (Å²) in [6.07, 6.45) is 1.29. The van der Waals surface area contributed by atoms with Crippen molar-refractivity contribution in [3.63, 3.8) is 0 Å². The highest BCUT2D eigenvalue weighted by Crippen LogP contribution is 2.51. The Bertz CT molecular complexity index is 537. The van der Waals surface area contributed by atoms with Gasteiger partial charge in [0.25, 0.3) is 5.89 Å². The van der Waals surface area contributed by atoms with E-state index in [-0.39, 0.29) is 5.89 Å². The summed E-state index contributed by atoms with van der Waals surface area (Å²) in [4.78, 5) is 20.2. The van der Waals surface area contributed by atoms with E-state index >= 15 is 0 Å². The number of rotatable bonds is 7. The number of methoxy groups -OCH3 is 1. The molecule has 108 valence electrons. The van der Waals surface area contributed by atoms with Crippen LogP contribution in [0.5, 0.6) is 0 Å². The lowest BCUT2D eigenvalue weighted by Gasteiger charge is -2.11. The highest BCUT2D eigenvalue weighted by Gasteiger charge is 2.51. The van der Waals surface area contributed by atoms with Gasteiger partial charge in [0.1, 0.15) is 5.60 Å². The molecule has 1 saturated carbocycles. The number of aromatic nitrogens is 2. The summed E-state index contributed by atoms with van der Waals surface area (Å²) in [7, 11) is -0.595. The Morgan fingerprint density at radius 2 is 1.84 bits per heavy atom. The maximum atomic E-state index is 12.2. The summed E-state index contributed by atoms with van der Waals surface area (Å²) in [5, 5.41) is 3.76. The van der Waals surface area contributed by atoms with Crippen molar-refractivity contribution in [1.82, 2.24) is 9.55 Å². The molecule has 0 amide bonds. The van der Waals surface area contributed by atoms with Crippen LogP contribution in [0.1, 0.15) is 18.7 Å². The van der Waals surface area contributed by atoms with Gasteiger partial charge in [0.2, 0.25) is 0 Å². The minimum atomic E-state index is -4.24. The van der Waals surface area contributed by atoms with Crippen molar-refractivity contribution in [3.05, 3.63) is 16.4 Å². The molecule has 1 heterocycles. The normalized spacial score (nSPS) is 17.6. The van der Waals surface area contributed by atoms with E-state index in [1.165, 1.54) is 7.11 Å². The third kappa shape index (κ3) is 2.50. The lowest BCUT2D eigenvalue weighted by molar-refractivity contribution is -0.245. The van der Waals surface area contributed by atoms with Gasteiger partial charge in [0, 0.05) is 7.11 Å². The number of nitrogens with zero attached hydrogens (tertiary/aromatic N) is 2. The number of ether oxygens (including phenoxy) is 1. The molecule has 1 fully saturated rings. The maximum Gasteiger partial charge on any atom is 0.515 e. The standard InChI is InChI=1S/C8H13N2O8P/c1-13-8(4-5-8)6-9-10(7(11)16-6)19(12,17-14-2)18-15-3/h4-5H2,1-3H3. The van der Waals surface area contributed by atoms with Gasteiger partial charge in [-0.3, -0.25) is 0 Å². The van der Waals surface area contributed by atoms with Crippen molar-refractivity contribution >= 4 is 7.75 Å². The second-order valence-corrected chi connectivity index (χ2v) is 5.33. The zero-order chi connectivity index (χ0) is 14.1. The van der Waals surface area contributed by atoms with E-state index in [1.807, 2.05) is 0 Å². The van der Waals surface area contributed by atoms with Gasteiger partial charge < -0.3 is 9.15 Å². The van der Waals surface area contributed by atoms with Crippen LogP contribution in [0, 0.1) is 0 Å². The van der Waals surface area contributed by atoms with Gasteiger partial charge in [-0.1, -0.05) is 4.45 Å². The molecule has 1 aliphatic carbocycles. The molecule has 0 bridgehead atoms. The van der Waals surface area contributed by atoms with Crippen molar-refractivity contribution < 1.29 is 32.8 Å². The fourth-order valence-electron chi connectivity index (χ4n) is 1.49. The molecule has 1 aliphatic rings. The average Bonchev–Trinajstić information content (AvgIpc) is 3.07. The molecular formula is C8H13N2O8P. The monoisotopic (exact) mass is 296 g/mol. The zero-order valence-electron chi connectivity index (χ0n) is 10.5. The van der Waals surface area contributed by atoms with Crippen molar-refractivity contribution in [2.45, 2.75) is 18.4 Å². The molecule has 0 spiro atoms. The minimum absolute atomic E-state index is 0.000342. The molecule has 0 aliphatic heterocycles. The summed E-state index contributed by atoms with van der Waals surface area (Å²) in [5.41, 5.74) is -0.755. The van der Waals surface area contributed by atoms with E-state index in [0.29, 0.717) is 17.3 Å². The Morgan fingerprint density at radius 3 is 2.26 bits per heavy atom. The second kappa shape index (κ2) is 5.16. The lowest BCUT2D eigenvalue weighted by atomic mass is 10.3. The van der Waals surface area contributed by atoms with Crippen LogP contribution >= 0.6 is 7.75 Å². The molecule has 0 saturated heterocycles. The van der Waals surface area contributed by atoms with Crippen LogP contribution in [-0.4, -0.2) is 30.9 Å². The Hall–Kier alpha value is -1.03. The predicted molar refractivity (Wildman–Crippen MR) is 57.9 cm³/mol. The molecular weight excluding hydrogens is 283 g/mol. The third-order valence-electron chi connectivity index (χ3n) is 2.59. The van der Waals surface area contributed by atoms with Gasteiger partial charge >= 0.3 is 13.5 Å². The summed E-state index contributed by atoms with van der Waals surface area (Å²) in [6, 6.07) is 0. The third-order valence-corrected chi connectivity index (χ3v) is 3.98. The molecule has 0 radical (unpaired) electrons. The van der Waals surface area contributed by atoms with Crippen LogP contribution in [-0.2, 0) is 34.0 Å². The van der Waals surface area contributed by atoms with Crippen LogP contribution < -0.4 is 5.76 Å². The van der Waals surface area contributed by atoms with Gasteiger partial charge in [0.15, 0.2) is 0 Å². The van der Waals surface area contributed by atoms with Crippen LogP contribution in [0.25, 0.3) is 0 Å². The second-order valence-electron chi connectivity index (χ2n) is 3.71.